The Morgan fingerprint density at radius 3 is 3.05 bits per heavy atom. The highest BCUT2D eigenvalue weighted by Crippen LogP contribution is 2.32. The molecule has 1 aromatic heterocycles. The largest absolute Gasteiger partial charge is 0.497 e. The highest BCUT2D eigenvalue weighted by molar-refractivity contribution is 7.07. The molecular formula is C18H23NOS. The molecule has 1 aliphatic carbocycles. The molecular weight excluding hydrogens is 278 g/mol. The molecule has 0 fully saturated rings. The average Bonchev–Trinajstić information content (AvgIpc) is 3.00. The maximum absolute atomic E-state index is 5.39. The molecule has 0 spiro atoms. The molecule has 0 amide bonds. The summed E-state index contributed by atoms with van der Waals surface area (Å²) in [6.07, 6.45) is 4.77. The number of hydrogen-bond acceptors (Lipinski definition) is 3. The van der Waals surface area contributed by atoms with Crippen LogP contribution in [-0.4, -0.2) is 13.2 Å². The van der Waals surface area contributed by atoms with Gasteiger partial charge in [0.2, 0.25) is 0 Å². The van der Waals surface area contributed by atoms with E-state index in [2.05, 4.69) is 47.3 Å². The second-order valence-electron chi connectivity index (χ2n) is 5.91. The van der Waals surface area contributed by atoms with Crippen molar-refractivity contribution >= 4 is 11.3 Å². The van der Waals surface area contributed by atoms with Crippen molar-refractivity contribution in [1.82, 2.24) is 5.32 Å². The summed E-state index contributed by atoms with van der Waals surface area (Å²) in [6.45, 7) is 2.28. The van der Waals surface area contributed by atoms with Crippen molar-refractivity contribution in [1.29, 1.82) is 0 Å². The van der Waals surface area contributed by atoms with Crippen LogP contribution in [0, 0.1) is 0 Å². The summed E-state index contributed by atoms with van der Waals surface area (Å²) in [7, 11) is 1.74. The molecule has 0 saturated heterocycles. The summed E-state index contributed by atoms with van der Waals surface area (Å²) in [4.78, 5) is 0. The van der Waals surface area contributed by atoms with Crippen molar-refractivity contribution in [3.05, 3.63) is 51.7 Å². The Bertz CT molecular complexity index is 579. The van der Waals surface area contributed by atoms with Gasteiger partial charge < -0.3 is 10.1 Å². The van der Waals surface area contributed by atoms with Gasteiger partial charge in [-0.1, -0.05) is 6.07 Å². The minimum Gasteiger partial charge on any atom is -0.497 e. The summed E-state index contributed by atoms with van der Waals surface area (Å²) in [5.74, 6) is 0.966. The van der Waals surface area contributed by atoms with E-state index in [-0.39, 0.29) is 0 Å². The average molecular weight is 301 g/mol. The molecule has 2 aromatic rings. The van der Waals surface area contributed by atoms with Crippen LogP contribution in [0.25, 0.3) is 0 Å². The van der Waals surface area contributed by atoms with Gasteiger partial charge in [-0.3, -0.25) is 0 Å². The minimum atomic E-state index is 0.456. The van der Waals surface area contributed by atoms with Crippen LogP contribution >= 0.6 is 11.3 Å². The molecule has 0 aliphatic heterocycles. The number of rotatable bonds is 5. The lowest BCUT2D eigenvalue weighted by Gasteiger charge is -2.29. The first-order valence-corrected chi connectivity index (χ1v) is 8.64. The van der Waals surface area contributed by atoms with E-state index >= 15 is 0 Å². The molecule has 21 heavy (non-hydrogen) atoms. The molecule has 112 valence electrons. The fourth-order valence-electron chi connectivity index (χ4n) is 3.24. The molecule has 0 bridgehead atoms. The van der Waals surface area contributed by atoms with Crippen molar-refractivity contribution in [2.24, 2.45) is 0 Å². The molecule has 3 rings (SSSR count). The fourth-order valence-corrected chi connectivity index (χ4v) is 3.92. The smallest absolute Gasteiger partial charge is 0.119 e. The molecule has 2 unspecified atom stereocenters. The maximum Gasteiger partial charge on any atom is 0.119 e. The summed E-state index contributed by atoms with van der Waals surface area (Å²) < 4.78 is 5.39. The number of aryl methyl sites for hydroxylation is 1. The van der Waals surface area contributed by atoms with Crippen molar-refractivity contribution in [3.63, 3.8) is 0 Å². The summed E-state index contributed by atoms with van der Waals surface area (Å²) in [5.41, 5.74) is 4.33. The number of benzene rings is 1. The molecule has 2 atom stereocenters. The van der Waals surface area contributed by atoms with Gasteiger partial charge in [-0.25, -0.2) is 0 Å². The lowest BCUT2D eigenvalue weighted by atomic mass is 9.87. The zero-order valence-corrected chi connectivity index (χ0v) is 13.6. The predicted octanol–water partition coefficient (Wildman–Crippen LogP) is 4.35. The highest BCUT2D eigenvalue weighted by atomic mass is 32.1. The number of methoxy groups -OCH3 is 1. The normalized spacial score (nSPS) is 19.0. The third kappa shape index (κ3) is 3.47. The van der Waals surface area contributed by atoms with Gasteiger partial charge in [-0.2, -0.15) is 11.3 Å². The Balaban J connectivity index is 1.72. The molecule has 1 N–H and O–H groups in total. The topological polar surface area (TPSA) is 21.3 Å². The SMILES string of the molecule is COc1ccc2c(c1)C(NC(C)Cc1ccsc1)CCC2. The van der Waals surface area contributed by atoms with Crippen LogP contribution in [0.3, 0.4) is 0 Å². The molecule has 2 nitrogen and oxygen atoms in total. The van der Waals surface area contributed by atoms with Gasteiger partial charge >= 0.3 is 0 Å². The van der Waals surface area contributed by atoms with Crippen LogP contribution in [-0.2, 0) is 12.8 Å². The monoisotopic (exact) mass is 301 g/mol. The van der Waals surface area contributed by atoms with Gasteiger partial charge in [-0.15, -0.1) is 0 Å². The van der Waals surface area contributed by atoms with E-state index < -0.39 is 0 Å². The van der Waals surface area contributed by atoms with Crippen LogP contribution in [0.4, 0.5) is 0 Å². The maximum atomic E-state index is 5.39. The van der Waals surface area contributed by atoms with Crippen molar-refractivity contribution in [3.8, 4) is 5.75 Å². The first-order valence-electron chi connectivity index (χ1n) is 7.70. The van der Waals surface area contributed by atoms with Crippen LogP contribution in [0.5, 0.6) is 5.75 Å². The first-order chi connectivity index (χ1) is 10.3. The van der Waals surface area contributed by atoms with E-state index in [9.17, 15) is 0 Å². The zero-order chi connectivity index (χ0) is 14.7. The van der Waals surface area contributed by atoms with Gasteiger partial charge in [0, 0.05) is 12.1 Å². The van der Waals surface area contributed by atoms with E-state index in [4.69, 9.17) is 4.74 Å². The summed E-state index contributed by atoms with van der Waals surface area (Å²) in [5, 5.41) is 8.22. The van der Waals surface area contributed by atoms with E-state index in [1.54, 1.807) is 18.4 Å². The van der Waals surface area contributed by atoms with E-state index in [1.807, 2.05) is 0 Å². The number of nitrogens with one attached hydrogen (secondary N) is 1. The Labute approximate surface area is 131 Å². The molecule has 0 saturated carbocycles. The Morgan fingerprint density at radius 2 is 2.29 bits per heavy atom. The van der Waals surface area contributed by atoms with Gasteiger partial charge in [-0.05, 0) is 78.3 Å². The van der Waals surface area contributed by atoms with Crippen molar-refractivity contribution in [2.75, 3.05) is 7.11 Å². The van der Waals surface area contributed by atoms with Gasteiger partial charge in [0.05, 0.1) is 7.11 Å². The van der Waals surface area contributed by atoms with Gasteiger partial charge in [0.1, 0.15) is 5.75 Å². The standard InChI is InChI=1S/C18H23NOS/c1-13(10-14-8-9-21-12-14)19-18-5-3-4-15-6-7-16(20-2)11-17(15)18/h6-9,11-13,18-19H,3-5,10H2,1-2H3. The number of ether oxygens (including phenoxy) is 1. The lowest BCUT2D eigenvalue weighted by molar-refractivity contribution is 0.395. The second-order valence-corrected chi connectivity index (χ2v) is 6.69. The van der Waals surface area contributed by atoms with E-state index in [1.165, 1.54) is 36.0 Å². The summed E-state index contributed by atoms with van der Waals surface area (Å²) in [6, 6.07) is 9.69. The van der Waals surface area contributed by atoms with E-state index in [0.29, 0.717) is 12.1 Å². The fraction of sp³-hybridized carbons (Fsp3) is 0.444. The Morgan fingerprint density at radius 1 is 1.38 bits per heavy atom. The third-order valence-corrected chi connectivity index (χ3v) is 5.01. The number of fused-ring (bicyclic) bond motifs is 1. The number of hydrogen-bond donors (Lipinski definition) is 1. The molecule has 1 aromatic carbocycles. The first kappa shape index (κ1) is 14.6. The predicted molar refractivity (Wildman–Crippen MR) is 89.3 cm³/mol. The van der Waals surface area contributed by atoms with Crippen LogP contribution in [0.2, 0.25) is 0 Å². The second kappa shape index (κ2) is 6.63. The number of thiophene rings is 1. The lowest BCUT2D eigenvalue weighted by Crippen LogP contribution is -2.34. The molecule has 3 heteroatoms. The van der Waals surface area contributed by atoms with Gasteiger partial charge in [0.25, 0.3) is 0 Å². The molecule has 1 aliphatic rings. The highest BCUT2D eigenvalue weighted by Gasteiger charge is 2.22. The Hall–Kier alpha value is -1.32. The third-order valence-electron chi connectivity index (χ3n) is 4.28. The summed E-state index contributed by atoms with van der Waals surface area (Å²) >= 11 is 1.78. The molecule has 1 heterocycles. The van der Waals surface area contributed by atoms with Crippen molar-refractivity contribution < 1.29 is 4.74 Å². The van der Waals surface area contributed by atoms with Crippen LogP contribution < -0.4 is 10.1 Å². The van der Waals surface area contributed by atoms with Gasteiger partial charge in [0.15, 0.2) is 0 Å². The quantitative estimate of drug-likeness (QED) is 0.886. The van der Waals surface area contributed by atoms with Crippen molar-refractivity contribution in [2.45, 2.75) is 44.7 Å². The Kier molecular flexibility index (Phi) is 4.61. The van der Waals surface area contributed by atoms with E-state index in [0.717, 1.165) is 12.2 Å². The zero-order valence-electron chi connectivity index (χ0n) is 12.8. The minimum absolute atomic E-state index is 0.456. The van der Waals surface area contributed by atoms with Crippen LogP contribution in [0.15, 0.2) is 35.0 Å². The van der Waals surface area contributed by atoms with Crippen LogP contribution in [0.1, 0.15) is 42.5 Å². The molecule has 0 radical (unpaired) electrons.